The molecule has 1 fully saturated rings. The van der Waals surface area contributed by atoms with E-state index in [1.54, 1.807) is 0 Å². The van der Waals surface area contributed by atoms with Crippen LogP contribution in [0, 0.1) is 5.41 Å². The molecule has 1 atom stereocenters. The Morgan fingerprint density at radius 1 is 1.23 bits per heavy atom. The van der Waals surface area contributed by atoms with E-state index in [1.165, 1.54) is 0 Å². The van der Waals surface area contributed by atoms with Gasteiger partial charge in [-0.3, -0.25) is 4.79 Å². The van der Waals surface area contributed by atoms with Gasteiger partial charge in [-0.1, -0.05) is 26.8 Å². The Hall–Kier alpha value is -1.71. The van der Waals surface area contributed by atoms with Crippen LogP contribution in [-0.2, 0) is 4.79 Å². The van der Waals surface area contributed by atoms with E-state index in [2.05, 4.69) is 26.8 Å². The molecule has 1 saturated heterocycles. The molecule has 2 aliphatic heterocycles. The summed E-state index contributed by atoms with van der Waals surface area (Å²) >= 11 is 0. The molecule has 2 aliphatic rings. The molecule has 1 aromatic carbocycles. The summed E-state index contributed by atoms with van der Waals surface area (Å²) in [5.74, 6) is 1.87. The van der Waals surface area contributed by atoms with Crippen molar-refractivity contribution < 1.29 is 14.3 Å². The number of likely N-dealkylation sites (tertiary alicyclic amines) is 1. The molecule has 0 aromatic heterocycles. The maximum absolute atomic E-state index is 12.6. The standard InChI is InChI=1S/C18H25NO3/c1-18(2,3)12-17(20)19-8-4-5-14(19)13-6-7-15-16(11-13)22-10-9-21-15/h6-7,11,14H,4-5,8-10,12H2,1-3H3. The Labute approximate surface area is 132 Å². The minimum Gasteiger partial charge on any atom is -0.486 e. The molecule has 3 rings (SSSR count). The zero-order valence-electron chi connectivity index (χ0n) is 13.7. The van der Waals surface area contributed by atoms with E-state index in [4.69, 9.17) is 9.47 Å². The SMILES string of the molecule is CC(C)(C)CC(=O)N1CCCC1c1ccc2c(c1)OCCO2. The Bertz CT molecular complexity index is 562. The Morgan fingerprint density at radius 2 is 1.95 bits per heavy atom. The summed E-state index contributed by atoms with van der Waals surface area (Å²) < 4.78 is 11.2. The van der Waals surface area contributed by atoms with Crippen molar-refractivity contribution in [3.63, 3.8) is 0 Å². The first-order valence-electron chi connectivity index (χ1n) is 8.13. The van der Waals surface area contributed by atoms with E-state index in [9.17, 15) is 4.79 Å². The third kappa shape index (κ3) is 3.21. The molecule has 1 amide bonds. The van der Waals surface area contributed by atoms with E-state index < -0.39 is 0 Å². The number of ether oxygens (including phenoxy) is 2. The third-order valence-corrected chi connectivity index (χ3v) is 4.21. The summed E-state index contributed by atoms with van der Waals surface area (Å²) in [6, 6.07) is 6.25. The number of fused-ring (bicyclic) bond motifs is 1. The van der Waals surface area contributed by atoms with Gasteiger partial charge in [-0.25, -0.2) is 0 Å². The molecule has 120 valence electrons. The zero-order valence-corrected chi connectivity index (χ0v) is 13.7. The number of carbonyl (C=O) groups excluding carboxylic acids is 1. The number of nitrogens with zero attached hydrogens (tertiary/aromatic N) is 1. The molecular formula is C18H25NO3. The average Bonchev–Trinajstić information content (AvgIpc) is 2.94. The van der Waals surface area contributed by atoms with Gasteiger partial charge in [-0.15, -0.1) is 0 Å². The highest BCUT2D eigenvalue weighted by atomic mass is 16.6. The summed E-state index contributed by atoms with van der Waals surface area (Å²) in [5.41, 5.74) is 1.18. The molecule has 0 radical (unpaired) electrons. The first-order chi connectivity index (χ1) is 10.4. The normalized spacial score (nSPS) is 21.0. The summed E-state index contributed by atoms with van der Waals surface area (Å²) in [4.78, 5) is 14.6. The molecule has 1 unspecified atom stereocenters. The monoisotopic (exact) mass is 303 g/mol. The van der Waals surface area contributed by atoms with Gasteiger partial charge < -0.3 is 14.4 Å². The molecule has 0 saturated carbocycles. The molecule has 0 N–H and O–H groups in total. The number of hydrogen-bond acceptors (Lipinski definition) is 3. The lowest BCUT2D eigenvalue weighted by Crippen LogP contribution is -2.33. The highest BCUT2D eigenvalue weighted by molar-refractivity contribution is 5.77. The molecule has 4 nitrogen and oxygen atoms in total. The van der Waals surface area contributed by atoms with Crippen LogP contribution in [0.2, 0.25) is 0 Å². The maximum atomic E-state index is 12.6. The first kappa shape index (κ1) is 15.2. The predicted molar refractivity (Wildman–Crippen MR) is 85.2 cm³/mol. The van der Waals surface area contributed by atoms with Crippen molar-refractivity contribution in [2.75, 3.05) is 19.8 Å². The molecule has 0 bridgehead atoms. The summed E-state index contributed by atoms with van der Waals surface area (Å²) in [6.45, 7) is 8.38. The Balaban J connectivity index is 1.79. The average molecular weight is 303 g/mol. The summed E-state index contributed by atoms with van der Waals surface area (Å²) in [5, 5.41) is 0. The van der Waals surface area contributed by atoms with Crippen LogP contribution < -0.4 is 9.47 Å². The summed E-state index contributed by atoms with van der Waals surface area (Å²) in [7, 11) is 0. The molecular weight excluding hydrogens is 278 g/mol. The van der Waals surface area contributed by atoms with Gasteiger partial charge in [0.05, 0.1) is 6.04 Å². The lowest BCUT2D eigenvalue weighted by Gasteiger charge is -2.29. The van der Waals surface area contributed by atoms with E-state index >= 15 is 0 Å². The second kappa shape index (κ2) is 5.82. The van der Waals surface area contributed by atoms with E-state index in [1.807, 2.05) is 17.0 Å². The highest BCUT2D eigenvalue weighted by Gasteiger charge is 2.32. The van der Waals surface area contributed by atoms with E-state index in [0.29, 0.717) is 19.6 Å². The molecule has 4 heteroatoms. The second-order valence-corrected chi connectivity index (χ2v) is 7.39. The molecule has 0 spiro atoms. The number of carbonyl (C=O) groups is 1. The molecule has 2 heterocycles. The Morgan fingerprint density at radius 3 is 2.68 bits per heavy atom. The first-order valence-corrected chi connectivity index (χ1v) is 8.13. The van der Waals surface area contributed by atoms with Gasteiger partial charge in [0.2, 0.25) is 5.91 Å². The van der Waals surface area contributed by atoms with Crippen LogP contribution in [0.5, 0.6) is 11.5 Å². The van der Waals surface area contributed by atoms with Crippen molar-refractivity contribution in [2.24, 2.45) is 5.41 Å². The quantitative estimate of drug-likeness (QED) is 0.838. The van der Waals surface area contributed by atoms with E-state index in [0.717, 1.165) is 36.4 Å². The molecule has 0 aliphatic carbocycles. The fourth-order valence-electron chi connectivity index (χ4n) is 3.23. The van der Waals surface area contributed by atoms with Crippen LogP contribution in [0.15, 0.2) is 18.2 Å². The largest absolute Gasteiger partial charge is 0.486 e. The van der Waals surface area contributed by atoms with Gasteiger partial charge in [-0.2, -0.15) is 0 Å². The summed E-state index contributed by atoms with van der Waals surface area (Å²) in [6.07, 6.45) is 2.68. The topological polar surface area (TPSA) is 38.8 Å². The Kier molecular flexibility index (Phi) is 4.02. The van der Waals surface area contributed by atoms with Crippen molar-refractivity contribution in [1.29, 1.82) is 0 Å². The number of hydrogen-bond donors (Lipinski definition) is 0. The zero-order chi connectivity index (χ0) is 15.7. The van der Waals surface area contributed by atoms with Gasteiger partial charge in [0.25, 0.3) is 0 Å². The predicted octanol–water partition coefficient (Wildman–Crippen LogP) is 3.56. The number of amides is 1. The molecule has 1 aromatic rings. The van der Waals surface area contributed by atoms with Crippen LogP contribution in [0.4, 0.5) is 0 Å². The second-order valence-electron chi connectivity index (χ2n) is 7.39. The van der Waals surface area contributed by atoms with Gasteiger partial charge in [0.15, 0.2) is 11.5 Å². The van der Waals surface area contributed by atoms with Crippen LogP contribution in [0.1, 0.15) is 51.6 Å². The van der Waals surface area contributed by atoms with Crippen molar-refractivity contribution in [2.45, 2.75) is 46.1 Å². The van der Waals surface area contributed by atoms with Gasteiger partial charge in [0.1, 0.15) is 13.2 Å². The minimum absolute atomic E-state index is 0.0248. The lowest BCUT2D eigenvalue weighted by atomic mass is 9.91. The molecule has 22 heavy (non-hydrogen) atoms. The lowest BCUT2D eigenvalue weighted by molar-refractivity contribution is -0.134. The van der Waals surface area contributed by atoms with Crippen LogP contribution in [-0.4, -0.2) is 30.6 Å². The van der Waals surface area contributed by atoms with E-state index in [-0.39, 0.29) is 17.4 Å². The van der Waals surface area contributed by atoms with Crippen LogP contribution in [0.25, 0.3) is 0 Å². The van der Waals surface area contributed by atoms with Crippen molar-refractivity contribution in [3.05, 3.63) is 23.8 Å². The number of rotatable bonds is 2. The van der Waals surface area contributed by atoms with Crippen molar-refractivity contribution in [1.82, 2.24) is 4.90 Å². The fraction of sp³-hybridized carbons (Fsp3) is 0.611. The number of benzene rings is 1. The third-order valence-electron chi connectivity index (χ3n) is 4.21. The van der Waals surface area contributed by atoms with Crippen LogP contribution >= 0.6 is 0 Å². The smallest absolute Gasteiger partial charge is 0.223 e. The highest BCUT2D eigenvalue weighted by Crippen LogP contribution is 2.38. The van der Waals surface area contributed by atoms with Crippen molar-refractivity contribution >= 4 is 5.91 Å². The minimum atomic E-state index is 0.0248. The van der Waals surface area contributed by atoms with Gasteiger partial charge in [-0.05, 0) is 36.0 Å². The maximum Gasteiger partial charge on any atom is 0.223 e. The van der Waals surface area contributed by atoms with Crippen LogP contribution in [0.3, 0.4) is 0 Å². The van der Waals surface area contributed by atoms with Gasteiger partial charge in [0, 0.05) is 13.0 Å². The van der Waals surface area contributed by atoms with Gasteiger partial charge >= 0.3 is 0 Å². The fourth-order valence-corrected chi connectivity index (χ4v) is 3.23. The van der Waals surface area contributed by atoms with Crippen molar-refractivity contribution in [3.8, 4) is 11.5 Å².